The zero-order chi connectivity index (χ0) is 14.1. The average Bonchev–Trinajstić information content (AvgIpc) is 3.19. The molecule has 1 saturated carbocycles. The third kappa shape index (κ3) is 2.64. The molecule has 20 heavy (non-hydrogen) atoms. The number of nitro groups is 1. The molecular formula is C12H13N5O2S. The van der Waals surface area contributed by atoms with Crippen molar-refractivity contribution < 1.29 is 4.92 Å². The lowest BCUT2D eigenvalue weighted by Crippen LogP contribution is -2.00. The Labute approximate surface area is 119 Å². The highest BCUT2D eigenvalue weighted by Gasteiger charge is 2.28. The summed E-state index contributed by atoms with van der Waals surface area (Å²) in [5, 5.41) is 23.4. The molecule has 0 spiro atoms. The second-order valence-electron chi connectivity index (χ2n) is 4.75. The quantitative estimate of drug-likeness (QED) is 0.478. The SMILES string of the molecule is C[C@H](Sc1nnnn1C1CC1)c1cccc([N+](=O)[O-])c1. The summed E-state index contributed by atoms with van der Waals surface area (Å²) < 4.78 is 1.85. The van der Waals surface area contributed by atoms with Crippen LogP contribution in [0.1, 0.15) is 36.6 Å². The number of aromatic nitrogens is 4. The first-order chi connectivity index (χ1) is 9.65. The number of rotatable bonds is 5. The average molecular weight is 291 g/mol. The highest BCUT2D eigenvalue weighted by atomic mass is 32.2. The van der Waals surface area contributed by atoms with Crippen LogP contribution in [0.15, 0.2) is 29.4 Å². The van der Waals surface area contributed by atoms with Gasteiger partial charge < -0.3 is 0 Å². The molecule has 104 valence electrons. The van der Waals surface area contributed by atoms with Crippen molar-refractivity contribution in [2.75, 3.05) is 0 Å². The molecule has 2 aromatic rings. The molecule has 0 aliphatic heterocycles. The van der Waals surface area contributed by atoms with Crippen LogP contribution in [0.5, 0.6) is 0 Å². The van der Waals surface area contributed by atoms with Gasteiger partial charge in [-0.25, -0.2) is 4.68 Å². The third-order valence-electron chi connectivity index (χ3n) is 3.19. The Morgan fingerprint density at radius 2 is 2.30 bits per heavy atom. The van der Waals surface area contributed by atoms with Crippen LogP contribution in [0.25, 0.3) is 0 Å². The highest BCUT2D eigenvalue weighted by Crippen LogP contribution is 2.40. The number of hydrogen-bond acceptors (Lipinski definition) is 6. The zero-order valence-electron chi connectivity index (χ0n) is 10.8. The number of nitro benzene ring substituents is 1. The van der Waals surface area contributed by atoms with E-state index in [1.165, 1.54) is 17.8 Å². The van der Waals surface area contributed by atoms with E-state index in [2.05, 4.69) is 15.5 Å². The summed E-state index contributed by atoms with van der Waals surface area (Å²) in [7, 11) is 0. The minimum atomic E-state index is -0.380. The minimum absolute atomic E-state index is 0.0541. The van der Waals surface area contributed by atoms with Crippen molar-refractivity contribution in [3.05, 3.63) is 39.9 Å². The van der Waals surface area contributed by atoms with Gasteiger partial charge in [0.05, 0.1) is 11.0 Å². The Kier molecular flexibility index (Phi) is 3.39. The molecule has 1 aromatic heterocycles. The van der Waals surface area contributed by atoms with Crippen LogP contribution in [0.2, 0.25) is 0 Å². The van der Waals surface area contributed by atoms with Crippen LogP contribution in [-0.2, 0) is 0 Å². The largest absolute Gasteiger partial charge is 0.269 e. The van der Waals surface area contributed by atoms with Crippen molar-refractivity contribution in [2.45, 2.75) is 36.2 Å². The van der Waals surface area contributed by atoms with E-state index < -0.39 is 0 Å². The van der Waals surface area contributed by atoms with E-state index in [1.807, 2.05) is 17.7 Å². The molecular weight excluding hydrogens is 278 g/mol. The first kappa shape index (κ1) is 13.0. The van der Waals surface area contributed by atoms with Gasteiger partial charge in [0.2, 0.25) is 5.16 Å². The van der Waals surface area contributed by atoms with Gasteiger partial charge in [0, 0.05) is 17.4 Å². The first-order valence-corrected chi connectivity index (χ1v) is 7.22. The lowest BCUT2D eigenvalue weighted by molar-refractivity contribution is -0.384. The zero-order valence-corrected chi connectivity index (χ0v) is 11.7. The van der Waals surface area contributed by atoms with E-state index in [4.69, 9.17) is 0 Å². The van der Waals surface area contributed by atoms with Crippen molar-refractivity contribution in [1.82, 2.24) is 20.2 Å². The van der Waals surface area contributed by atoms with Crippen molar-refractivity contribution >= 4 is 17.4 Å². The van der Waals surface area contributed by atoms with Gasteiger partial charge in [-0.15, -0.1) is 5.10 Å². The Balaban J connectivity index is 1.78. The normalized spacial score (nSPS) is 16.1. The highest BCUT2D eigenvalue weighted by molar-refractivity contribution is 7.99. The van der Waals surface area contributed by atoms with Crippen molar-refractivity contribution in [3.8, 4) is 0 Å². The van der Waals surface area contributed by atoms with Gasteiger partial charge in [-0.2, -0.15) is 0 Å². The summed E-state index contributed by atoms with van der Waals surface area (Å²) in [5.41, 5.74) is 1.01. The smallest absolute Gasteiger partial charge is 0.258 e. The molecule has 8 heteroatoms. The van der Waals surface area contributed by atoms with Crippen molar-refractivity contribution in [2.24, 2.45) is 0 Å². The van der Waals surface area contributed by atoms with E-state index in [9.17, 15) is 10.1 Å². The van der Waals surface area contributed by atoms with Gasteiger partial charge in [0.15, 0.2) is 0 Å². The summed E-state index contributed by atoms with van der Waals surface area (Å²) in [4.78, 5) is 10.4. The van der Waals surface area contributed by atoms with E-state index in [1.54, 1.807) is 12.1 Å². The van der Waals surface area contributed by atoms with Crippen molar-refractivity contribution in [1.29, 1.82) is 0 Å². The minimum Gasteiger partial charge on any atom is -0.258 e. The lowest BCUT2D eigenvalue weighted by atomic mass is 10.1. The van der Waals surface area contributed by atoms with Crippen LogP contribution in [0.4, 0.5) is 5.69 Å². The molecule has 7 nitrogen and oxygen atoms in total. The maximum absolute atomic E-state index is 10.8. The number of nitrogens with zero attached hydrogens (tertiary/aromatic N) is 5. The molecule has 1 aliphatic rings. The molecule has 0 N–H and O–H groups in total. The molecule has 3 rings (SSSR count). The number of hydrogen-bond donors (Lipinski definition) is 0. The van der Waals surface area contributed by atoms with Crippen LogP contribution in [0.3, 0.4) is 0 Å². The van der Waals surface area contributed by atoms with Gasteiger partial charge in [-0.1, -0.05) is 23.9 Å². The van der Waals surface area contributed by atoms with Gasteiger partial charge in [0.1, 0.15) is 0 Å². The van der Waals surface area contributed by atoms with Crippen molar-refractivity contribution in [3.63, 3.8) is 0 Å². The van der Waals surface area contributed by atoms with E-state index in [-0.39, 0.29) is 15.9 Å². The standard InChI is InChI=1S/C12H13N5O2S/c1-8(9-3-2-4-11(7-9)17(18)19)20-12-13-14-15-16(12)10-5-6-10/h2-4,7-8,10H,5-6H2,1H3/t8-/m0/s1. The van der Waals surface area contributed by atoms with E-state index in [0.29, 0.717) is 6.04 Å². The van der Waals surface area contributed by atoms with Crippen LogP contribution in [-0.4, -0.2) is 25.1 Å². The van der Waals surface area contributed by atoms with Gasteiger partial charge in [0.25, 0.3) is 5.69 Å². The van der Waals surface area contributed by atoms with Gasteiger partial charge >= 0.3 is 0 Å². The Morgan fingerprint density at radius 1 is 1.50 bits per heavy atom. The van der Waals surface area contributed by atoms with Crippen LogP contribution >= 0.6 is 11.8 Å². The second-order valence-corrected chi connectivity index (χ2v) is 6.06. The fourth-order valence-electron chi connectivity index (χ4n) is 1.93. The summed E-state index contributed by atoms with van der Waals surface area (Å²) in [5.74, 6) is 0. The van der Waals surface area contributed by atoms with Gasteiger partial charge in [-0.05, 0) is 35.8 Å². The molecule has 1 aromatic carbocycles. The molecule has 1 fully saturated rings. The number of benzene rings is 1. The van der Waals surface area contributed by atoms with E-state index >= 15 is 0 Å². The molecule has 0 radical (unpaired) electrons. The van der Waals surface area contributed by atoms with Crippen LogP contribution < -0.4 is 0 Å². The molecule has 1 aliphatic carbocycles. The monoisotopic (exact) mass is 291 g/mol. The molecule has 0 bridgehead atoms. The molecule has 1 heterocycles. The topological polar surface area (TPSA) is 86.7 Å². The Morgan fingerprint density at radius 3 is 3.00 bits per heavy atom. The summed E-state index contributed by atoms with van der Waals surface area (Å²) in [6.45, 7) is 2.00. The molecule has 0 saturated heterocycles. The maximum Gasteiger partial charge on any atom is 0.269 e. The molecule has 0 unspecified atom stereocenters. The fourth-order valence-corrected chi connectivity index (χ4v) is 2.90. The fraction of sp³-hybridized carbons (Fsp3) is 0.417. The Bertz CT molecular complexity index is 640. The molecule has 1 atom stereocenters. The summed E-state index contributed by atoms with van der Waals surface area (Å²) >= 11 is 1.52. The molecule has 0 amide bonds. The van der Waals surface area contributed by atoms with E-state index in [0.717, 1.165) is 23.6 Å². The summed E-state index contributed by atoms with van der Waals surface area (Å²) in [6, 6.07) is 7.10. The Hall–Kier alpha value is -1.96. The maximum atomic E-state index is 10.8. The second kappa shape index (κ2) is 5.20. The number of non-ortho nitro benzene ring substituents is 1. The van der Waals surface area contributed by atoms with Crippen LogP contribution in [0, 0.1) is 10.1 Å². The number of tetrazole rings is 1. The third-order valence-corrected chi connectivity index (χ3v) is 4.29. The predicted octanol–water partition coefficient (Wildman–Crippen LogP) is 2.77. The lowest BCUT2D eigenvalue weighted by Gasteiger charge is -2.10. The van der Waals surface area contributed by atoms with Gasteiger partial charge in [-0.3, -0.25) is 10.1 Å². The number of thioether (sulfide) groups is 1. The first-order valence-electron chi connectivity index (χ1n) is 6.34. The summed E-state index contributed by atoms with van der Waals surface area (Å²) in [6.07, 6.45) is 2.23. The predicted molar refractivity (Wildman–Crippen MR) is 73.5 cm³/mol.